The third-order valence-corrected chi connectivity index (χ3v) is 2.56. The van der Waals surface area contributed by atoms with Crippen molar-refractivity contribution >= 4 is 0 Å². The van der Waals surface area contributed by atoms with Crippen molar-refractivity contribution in [2.45, 2.75) is 25.3 Å². The second kappa shape index (κ2) is 3.88. The lowest BCUT2D eigenvalue weighted by Gasteiger charge is -2.09. The molecule has 1 saturated heterocycles. The van der Waals surface area contributed by atoms with Gasteiger partial charge in [-0.25, -0.2) is 4.39 Å². The molecule has 1 aliphatic heterocycles. The van der Waals surface area contributed by atoms with Gasteiger partial charge < -0.3 is 5.32 Å². The van der Waals surface area contributed by atoms with Gasteiger partial charge in [0.2, 0.25) is 0 Å². The molecule has 1 fully saturated rings. The van der Waals surface area contributed by atoms with Crippen molar-refractivity contribution in [1.29, 1.82) is 0 Å². The standard InChI is InChI=1S/C11H14FN/c12-10-5-3-9(4-6-10)8-11-2-1-7-13-11/h3-6,11,13H,1-2,7-8H2/t11-/m0/s1. The smallest absolute Gasteiger partial charge is 0.123 e. The van der Waals surface area contributed by atoms with Gasteiger partial charge in [0.05, 0.1) is 0 Å². The Morgan fingerprint density at radius 1 is 1.31 bits per heavy atom. The molecule has 0 saturated carbocycles. The molecule has 0 radical (unpaired) electrons. The van der Waals surface area contributed by atoms with E-state index < -0.39 is 0 Å². The number of benzene rings is 1. The van der Waals surface area contributed by atoms with Crippen molar-refractivity contribution in [2.75, 3.05) is 6.54 Å². The molecule has 0 aliphatic carbocycles. The largest absolute Gasteiger partial charge is 0.314 e. The lowest BCUT2D eigenvalue weighted by molar-refractivity contribution is 0.598. The molecule has 1 N–H and O–H groups in total. The molecular weight excluding hydrogens is 165 g/mol. The highest BCUT2D eigenvalue weighted by Crippen LogP contribution is 2.12. The van der Waals surface area contributed by atoms with Crippen molar-refractivity contribution in [3.05, 3.63) is 35.6 Å². The molecular formula is C11H14FN. The van der Waals surface area contributed by atoms with Gasteiger partial charge >= 0.3 is 0 Å². The lowest BCUT2D eigenvalue weighted by atomic mass is 10.0. The molecule has 0 spiro atoms. The fourth-order valence-electron chi connectivity index (χ4n) is 1.84. The van der Waals surface area contributed by atoms with Gasteiger partial charge in [0, 0.05) is 6.04 Å². The highest BCUT2D eigenvalue weighted by Gasteiger charge is 2.13. The molecule has 1 aromatic carbocycles. The van der Waals surface area contributed by atoms with Crippen LogP contribution in [0.5, 0.6) is 0 Å². The maximum absolute atomic E-state index is 12.6. The van der Waals surface area contributed by atoms with Crippen molar-refractivity contribution < 1.29 is 4.39 Å². The van der Waals surface area contributed by atoms with E-state index in [0.29, 0.717) is 6.04 Å². The van der Waals surface area contributed by atoms with Crippen LogP contribution < -0.4 is 5.32 Å². The number of halogens is 1. The highest BCUT2D eigenvalue weighted by molar-refractivity contribution is 5.17. The fraction of sp³-hybridized carbons (Fsp3) is 0.455. The monoisotopic (exact) mass is 179 g/mol. The molecule has 0 amide bonds. The van der Waals surface area contributed by atoms with Crippen LogP contribution in [0.15, 0.2) is 24.3 Å². The molecule has 2 heteroatoms. The fourth-order valence-corrected chi connectivity index (χ4v) is 1.84. The predicted octanol–water partition coefficient (Wildman–Crippen LogP) is 2.12. The molecule has 1 aliphatic rings. The van der Waals surface area contributed by atoms with E-state index in [1.807, 2.05) is 12.1 Å². The SMILES string of the molecule is Fc1ccc(C[C@@H]2CCCN2)cc1. The first-order valence-corrected chi connectivity index (χ1v) is 4.82. The van der Waals surface area contributed by atoms with Gasteiger partial charge in [-0.1, -0.05) is 12.1 Å². The van der Waals surface area contributed by atoms with Gasteiger partial charge in [-0.05, 0) is 43.5 Å². The Labute approximate surface area is 78.0 Å². The van der Waals surface area contributed by atoms with Crippen LogP contribution in [0.1, 0.15) is 18.4 Å². The summed E-state index contributed by atoms with van der Waals surface area (Å²) in [6.45, 7) is 1.13. The van der Waals surface area contributed by atoms with Crippen LogP contribution in [0.25, 0.3) is 0 Å². The Bertz CT molecular complexity index is 262. The minimum atomic E-state index is -0.150. The van der Waals surface area contributed by atoms with E-state index in [9.17, 15) is 4.39 Å². The van der Waals surface area contributed by atoms with E-state index in [2.05, 4.69) is 5.32 Å². The normalized spacial score (nSPS) is 22.1. The van der Waals surface area contributed by atoms with Gasteiger partial charge in [0.1, 0.15) is 5.82 Å². The zero-order valence-electron chi connectivity index (χ0n) is 7.59. The lowest BCUT2D eigenvalue weighted by Crippen LogP contribution is -2.23. The Kier molecular flexibility index (Phi) is 2.60. The zero-order valence-corrected chi connectivity index (χ0v) is 7.59. The molecule has 0 aromatic heterocycles. The summed E-state index contributed by atoms with van der Waals surface area (Å²) in [4.78, 5) is 0. The van der Waals surface area contributed by atoms with Crippen molar-refractivity contribution in [1.82, 2.24) is 5.32 Å². The second-order valence-corrected chi connectivity index (χ2v) is 3.62. The van der Waals surface area contributed by atoms with Crippen LogP contribution in [0.3, 0.4) is 0 Å². The summed E-state index contributed by atoms with van der Waals surface area (Å²) in [6, 6.07) is 7.41. The van der Waals surface area contributed by atoms with Crippen molar-refractivity contribution in [2.24, 2.45) is 0 Å². The molecule has 70 valence electrons. The maximum Gasteiger partial charge on any atom is 0.123 e. The van der Waals surface area contributed by atoms with Gasteiger partial charge in [-0.3, -0.25) is 0 Å². The first kappa shape index (κ1) is 8.70. The predicted molar refractivity (Wildman–Crippen MR) is 51.1 cm³/mol. The third-order valence-electron chi connectivity index (χ3n) is 2.56. The number of hydrogen-bond donors (Lipinski definition) is 1. The number of nitrogens with one attached hydrogen (secondary N) is 1. The summed E-state index contributed by atoms with van der Waals surface area (Å²) in [5, 5.41) is 3.43. The highest BCUT2D eigenvalue weighted by atomic mass is 19.1. The molecule has 0 bridgehead atoms. The van der Waals surface area contributed by atoms with E-state index >= 15 is 0 Å². The summed E-state index contributed by atoms with van der Waals surface area (Å²) in [7, 11) is 0. The first-order valence-electron chi connectivity index (χ1n) is 4.82. The molecule has 13 heavy (non-hydrogen) atoms. The Morgan fingerprint density at radius 2 is 2.08 bits per heavy atom. The molecule has 2 rings (SSSR count). The zero-order chi connectivity index (χ0) is 9.10. The molecule has 1 atom stereocenters. The summed E-state index contributed by atoms with van der Waals surface area (Å²) >= 11 is 0. The summed E-state index contributed by atoms with van der Waals surface area (Å²) in [5.74, 6) is -0.150. The number of rotatable bonds is 2. The average Bonchev–Trinajstić information content (AvgIpc) is 2.62. The molecule has 1 nitrogen and oxygen atoms in total. The third kappa shape index (κ3) is 2.28. The van der Waals surface area contributed by atoms with Crippen LogP contribution in [0.2, 0.25) is 0 Å². The van der Waals surface area contributed by atoms with E-state index in [0.717, 1.165) is 13.0 Å². The Morgan fingerprint density at radius 3 is 2.69 bits per heavy atom. The minimum Gasteiger partial charge on any atom is -0.314 e. The number of hydrogen-bond acceptors (Lipinski definition) is 1. The van der Waals surface area contributed by atoms with E-state index in [-0.39, 0.29) is 5.82 Å². The van der Waals surface area contributed by atoms with Gasteiger partial charge in [0.15, 0.2) is 0 Å². The van der Waals surface area contributed by atoms with E-state index in [1.54, 1.807) is 0 Å². The van der Waals surface area contributed by atoms with Crippen molar-refractivity contribution in [3.8, 4) is 0 Å². The van der Waals surface area contributed by atoms with Crippen LogP contribution in [0.4, 0.5) is 4.39 Å². The molecule has 0 unspecified atom stereocenters. The Hall–Kier alpha value is -0.890. The molecule has 1 heterocycles. The maximum atomic E-state index is 12.6. The topological polar surface area (TPSA) is 12.0 Å². The average molecular weight is 179 g/mol. The van der Waals surface area contributed by atoms with E-state index in [4.69, 9.17) is 0 Å². The first-order chi connectivity index (χ1) is 6.34. The quantitative estimate of drug-likeness (QED) is 0.733. The molecule has 1 aromatic rings. The minimum absolute atomic E-state index is 0.150. The van der Waals surface area contributed by atoms with Crippen LogP contribution in [-0.2, 0) is 6.42 Å². The van der Waals surface area contributed by atoms with Crippen LogP contribution in [-0.4, -0.2) is 12.6 Å². The summed E-state index contributed by atoms with van der Waals surface area (Å²) in [6.07, 6.45) is 3.55. The summed E-state index contributed by atoms with van der Waals surface area (Å²) in [5.41, 5.74) is 1.22. The van der Waals surface area contributed by atoms with Crippen LogP contribution >= 0.6 is 0 Å². The second-order valence-electron chi connectivity index (χ2n) is 3.62. The van der Waals surface area contributed by atoms with Gasteiger partial charge in [-0.2, -0.15) is 0 Å². The Balaban J connectivity index is 1.97. The van der Waals surface area contributed by atoms with Crippen molar-refractivity contribution in [3.63, 3.8) is 0 Å². The van der Waals surface area contributed by atoms with Crippen LogP contribution in [0, 0.1) is 5.82 Å². The van der Waals surface area contributed by atoms with Gasteiger partial charge in [-0.15, -0.1) is 0 Å². The summed E-state index contributed by atoms with van der Waals surface area (Å²) < 4.78 is 12.6. The van der Waals surface area contributed by atoms with E-state index in [1.165, 1.54) is 30.5 Å². The van der Waals surface area contributed by atoms with Gasteiger partial charge in [0.25, 0.3) is 0 Å².